The second-order valence-corrected chi connectivity index (χ2v) is 17.2. The molecular formula is C25H47N5O6Si. The highest BCUT2D eigenvalue weighted by Gasteiger charge is 2.48. The van der Waals surface area contributed by atoms with E-state index in [-0.39, 0.29) is 35.9 Å². The van der Waals surface area contributed by atoms with E-state index in [4.69, 9.17) is 13.6 Å². The molecule has 1 aromatic rings. The topological polar surface area (TPSA) is 139 Å². The van der Waals surface area contributed by atoms with Crippen LogP contribution in [-0.4, -0.2) is 77.1 Å². The lowest BCUT2D eigenvalue weighted by molar-refractivity contribution is -0.123. The third-order valence-electron chi connectivity index (χ3n) is 7.23. The van der Waals surface area contributed by atoms with Crippen molar-refractivity contribution in [2.45, 2.75) is 122 Å². The Hall–Kier alpha value is -2.02. The van der Waals surface area contributed by atoms with E-state index in [0.717, 1.165) is 0 Å². The number of carbonyl (C=O) groups is 2. The minimum Gasteiger partial charge on any atom is -0.444 e. The fourth-order valence-electron chi connectivity index (χ4n) is 4.22. The predicted octanol–water partition coefficient (Wildman–Crippen LogP) is 3.72. The fraction of sp³-hybridized carbons (Fsp3) is 0.840. The molecule has 1 aliphatic heterocycles. The van der Waals surface area contributed by atoms with Crippen LogP contribution in [0.5, 0.6) is 0 Å². The summed E-state index contributed by atoms with van der Waals surface area (Å²) in [6.07, 6.45) is 0.851. The Bertz CT molecular complexity index is 896. The summed E-state index contributed by atoms with van der Waals surface area (Å²) in [4.78, 5) is 27.4. The van der Waals surface area contributed by atoms with Crippen LogP contribution in [0.25, 0.3) is 0 Å². The van der Waals surface area contributed by atoms with E-state index >= 15 is 0 Å². The number of likely N-dealkylation sites (tertiary alicyclic amines) is 1. The summed E-state index contributed by atoms with van der Waals surface area (Å²) in [5.41, 5.74) is -1.66. The molecule has 37 heavy (non-hydrogen) atoms. The second kappa shape index (κ2) is 11.8. The molecule has 11 nitrogen and oxygen atoms in total. The van der Waals surface area contributed by atoms with Crippen molar-refractivity contribution < 1.29 is 28.3 Å². The number of hydrogen-bond acceptors (Lipinski definition) is 9. The number of nitrogens with zero attached hydrogens (tertiary/aromatic N) is 3. The van der Waals surface area contributed by atoms with E-state index in [9.17, 15) is 14.7 Å². The average molecular weight is 542 g/mol. The van der Waals surface area contributed by atoms with Crippen molar-refractivity contribution in [3.05, 3.63) is 12.3 Å². The zero-order valence-corrected chi connectivity index (χ0v) is 25.2. The van der Waals surface area contributed by atoms with E-state index in [1.807, 2.05) is 6.92 Å². The van der Waals surface area contributed by atoms with Crippen molar-refractivity contribution in [3.8, 4) is 0 Å². The SMILES string of the molecule is CC(O)C1(NCCC(=O)N[C@H](c2nnco2)[C@@H](C)O[Si](C)(C)C(C)(C)C)CCCN1C(=O)OC(C)(C)C. The van der Waals surface area contributed by atoms with Gasteiger partial charge in [0.15, 0.2) is 8.32 Å². The van der Waals surface area contributed by atoms with E-state index in [2.05, 4.69) is 54.7 Å². The zero-order chi connectivity index (χ0) is 28.2. The zero-order valence-electron chi connectivity index (χ0n) is 24.2. The molecule has 1 aliphatic rings. The number of aromatic nitrogens is 2. The summed E-state index contributed by atoms with van der Waals surface area (Å²) in [7, 11) is -2.13. The van der Waals surface area contributed by atoms with Gasteiger partial charge in [0.2, 0.25) is 18.2 Å². The number of rotatable bonds is 10. The summed E-state index contributed by atoms with van der Waals surface area (Å²) in [5.74, 6) is 0.0313. The predicted molar refractivity (Wildman–Crippen MR) is 142 cm³/mol. The molecule has 0 aromatic carbocycles. The molecule has 12 heteroatoms. The number of nitrogens with one attached hydrogen (secondary N) is 2. The molecule has 2 rings (SSSR count). The standard InChI is InChI=1S/C25H47N5O6Si/c1-17(36-37(9,10)24(6,7)8)20(21-29-27-16-34-21)28-19(32)12-14-26-25(18(2)31)13-11-15-30(25)22(33)35-23(3,4)5/h16-18,20,26,31H,11-15H2,1-10H3,(H,28,32)/t17-,18?,20+,25?/m1/s1. The van der Waals surface area contributed by atoms with Crippen molar-refractivity contribution in [1.82, 2.24) is 25.7 Å². The molecule has 3 N–H and O–H groups in total. The Labute approximate surface area is 222 Å². The van der Waals surface area contributed by atoms with Gasteiger partial charge in [0.05, 0.1) is 12.2 Å². The van der Waals surface area contributed by atoms with Crippen molar-refractivity contribution in [3.63, 3.8) is 0 Å². The van der Waals surface area contributed by atoms with Crippen LogP contribution < -0.4 is 10.6 Å². The highest BCUT2D eigenvalue weighted by molar-refractivity contribution is 6.74. The highest BCUT2D eigenvalue weighted by atomic mass is 28.4. The van der Waals surface area contributed by atoms with Crippen LogP contribution in [0.3, 0.4) is 0 Å². The van der Waals surface area contributed by atoms with Gasteiger partial charge in [-0.25, -0.2) is 4.79 Å². The fourth-order valence-corrected chi connectivity index (χ4v) is 5.64. The molecule has 0 radical (unpaired) electrons. The summed E-state index contributed by atoms with van der Waals surface area (Å²) in [5, 5.41) is 24.7. The molecule has 0 saturated carbocycles. The monoisotopic (exact) mass is 541 g/mol. The normalized spacial score (nSPS) is 21.4. The third kappa shape index (κ3) is 7.98. The first kappa shape index (κ1) is 31.2. The van der Waals surface area contributed by atoms with Gasteiger partial charge in [0.1, 0.15) is 17.3 Å². The van der Waals surface area contributed by atoms with Gasteiger partial charge in [-0.2, -0.15) is 0 Å². The Kier molecular flexibility index (Phi) is 9.94. The summed E-state index contributed by atoms with van der Waals surface area (Å²) in [6, 6.07) is -0.611. The maximum atomic E-state index is 13.0. The van der Waals surface area contributed by atoms with Crippen LogP contribution in [0.1, 0.15) is 86.6 Å². The molecule has 1 fully saturated rings. The van der Waals surface area contributed by atoms with E-state index in [1.165, 1.54) is 11.3 Å². The minimum atomic E-state index is -2.13. The molecule has 2 amide bonds. The molecule has 212 valence electrons. The first-order valence-corrected chi connectivity index (χ1v) is 16.0. The van der Waals surface area contributed by atoms with Gasteiger partial charge in [-0.05, 0) is 65.6 Å². The lowest BCUT2D eigenvalue weighted by atomic mass is 10.0. The lowest BCUT2D eigenvalue weighted by Crippen LogP contribution is -2.64. The van der Waals surface area contributed by atoms with Gasteiger partial charge < -0.3 is 24.0 Å². The van der Waals surface area contributed by atoms with E-state index < -0.39 is 37.8 Å². The average Bonchev–Trinajstić information content (AvgIpc) is 3.40. The van der Waals surface area contributed by atoms with Gasteiger partial charge in [-0.15, -0.1) is 10.2 Å². The molecule has 2 unspecified atom stereocenters. The van der Waals surface area contributed by atoms with Crippen LogP contribution in [-0.2, 0) is 14.0 Å². The Morgan fingerprint density at radius 3 is 2.41 bits per heavy atom. The maximum Gasteiger partial charge on any atom is 0.411 e. The minimum absolute atomic E-state index is 0.00875. The van der Waals surface area contributed by atoms with Gasteiger partial charge in [0, 0.05) is 19.5 Å². The van der Waals surface area contributed by atoms with Gasteiger partial charge >= 0.3 is 6.09 Å². The molecule has 1 aromatic heterocycles. The van der Waals surface area contributed by atoms with Crippen LogP contribution in [0.15, 0.2) is 10.8 Å². The van der Waals surface area contributed by atoms with Crippen molar-refractivity contribution >= 4 is 20.3 Å². The third-order valence-corrected chi connectivity index (χ3v) is 11.8. The first-order chi connectivity index (χ1) is 16.9. The maximum absolute atomic E-state index is 13.0. The molecule has 1 saturated heterocycles. The van der Waals surface area contributed by atoms with Crippen LogP contribution >= 0.6 is 0 Å². The van der Waals surface area contributed by atoms with Crippen molar-refractivity contribution in [2.24, 2.45) is 0 Å². The number of hydrogen-bond donors (Lipinski definition) is 3. The number of amides is 2. The molecule has 4 atom stereocenters. The van der Waals surface area contributed by atoms with Crippen LogP contribution in [0, 0.1) is 0 Å². The van der Waals surface area contributed by atoms with Crippen LogP contribution in [0.2, 0.25) is 18.1 Å². The molecule has 0 aliphatic carbocycles. The summed E-state index contributed by atoms with van der Waals surface area (Å²) in [6.45, 7) is 20.4. The molecular weight excluding hydrogens is 494 g/mol. The van der Waals surface area contributed by atoms with Gasteiger partial charge in [-0.1, -0.05) is 20.8 Å². The second-order valence-electron chi connectivity index (χ2n) is 12.4. The molecule has 2 heterocycles. The lowest BCUT2D eigenvalue weighted by Gasteiger charge is -2.42. The highest BCUT2D eigenvalue weighted by Crippen LogP contribution is 2.38. The smallest absolute Gasteiger partial charge is 0.411 e. The van der Waals surface area contributed by atoms with Gasteiger partial charge in [0.25, 0.3) is 0 Å². The van der Waals surface area contributed by atoms with Gasteiger partial charge in [-0.3, -0.25) is 15.0 Å². The number of aliphatic hydroxyl groups excluding tert-OH is 1. The Morgan fingerprint density at radius 1 is 1.24 bits per heavy atom. The number of aliphatic hydroxyl groups is 1. The Balaban J connectivity index is 2.07. The number of carbonyl (C=O) groups excluding carboxylic acids is 2. The first-order valence-electron chi connectivity index (χ1n) is 13.1. The van der Waals surface area contributed by atoms with Crippen molar-refractivity contribution in [2.75, 3.05) is 13.1 Å². The summed E-state index contributed by atoms with van der Waals surface area (Å²) < 4.78 is 17.5. The van der Waals surface area contributed by atoms with Crippen molar-refractivity contribution in [1.29, 1.82) is 0 Å². The largest absolute Gasteiger partial charge is 0.444 e. The quantitative estimate of drug-likeness (QED) is 0.378. The summed E-state index contributed by atoms with van der Waals surface area (Å²) >= 11 is 0. The Morgan fingerprint density at radius 2 is 1.89 bits per heavy atom. The molecule has 0 bridgehead atoms. The van der Waals surface area contributed by atoms with E-state index in [1.54, 1.807) is 27.7 Å². The molecule has 0 spiro atoms. The van der Waals surface area contributed by atoms with Crippen LogP contribution in [0.4, 0.5) is 4.79 Å². The van der Waals surface area contributed by atoms with E-state index in [0.29, 0.717) is 19.4 Å². The number of ether oxygens (including phenoxy) is 1.